The summed E-state index contributed by atoms with van der Waals surface area (Å²) >= 11 is 0. The molecule has 0 aliphatic heterocycles. The molecule has 0 unspecified atom stereocenters. The van der Waals surface area contributed by atoms with Gasteiger partial charge in [-0.3, -0.25) is 9.36 Å². The highest BCUT2D eigenvalue weighted by molar-refractivity contribution is 5.95. The molecule has 116 valence electrons. The Hall–Kier alpha value is -2.17. The molecular formula is C17H21N3O2. The van der Waals surface area contributed by atoms with Crippen molar-refractivity contribution in [3.05, 3.63) is 52.2 Å². The van der Waals surface area contributed by atoms with Crippen molar-refractivity contribution in [3.8, 4) is 0 Å². The zero-order valence-electron chi connectivity index (χ0n) is 12.9. The number of aromatic nitrogens is 3. The molecule has 1 aliphatic carbocycles. The van der Waals surface area contributed by atoms with E-state index in [0.717, 1.165) is 0 Å². The molecule has 1 heterocycles. The molecule has 1 aromatic carbocycles. The summed E-state index contributed by atoms with van der Waals surface area (Å²) in [6, 6.07) is 7.89. The van der Waals surface area contributed by atoms with E-state index in [0.29, 0.717) is 11.5 Å². The summed E-state index contributed by atoms with van der Waals surface area (Å²) in [5.41, 5.74) is 1.71. The molecule has 0 amide bonds. The zero-order chi connectivity index (χ0) is 15.5. The van der Waals surface area contributed by atoms with Crippen LogP contribution in [0.2, 0.25) is 0 Å². The summed E-state index contributed by atoms with van der Waals surface area (Å²) in [5.74, 6) is 0.573. The van der Waals surface area contributed by atoms with Crippen LogP contribution in [0.5, 0.6) is 0 Å². The van der Waals surface area contributed by atoms with Gasteiger partial charge in [0, 0.05) is 12.6 Å². The maximum atomic E-state index is 12.3. The fourth-order valence-electron chi connectivity index (χ4n) is 3.16. The minimum absolute atomic E-state index is 0.0372. The van der Waals surface area contributed by atoms with Crippen LogP contribution >= 0.6 is 0 Å². The Kier molecular flexibility index (Phi) is 4.22. The lowest BCUT2D eigenvalue weighted by molar-refractivity contribution is 0.0970. The third kappa shape index (κ3) is 3.03. The minimum atomic E-state index is -0.271. The van der Waals surface area contributed by atoms with Gasteiger partial charge in [-0.15, -0.1) is 0 Å². The molecule has 2 aromatic rings. The number of benzene rings is 1. The summed E-state index contributed by atoms with van der Waals surface area (Å²) in [6.07, 6.45) is 7.84. The molecule has 22 heavy (non-hydrogen) atoms. The van der Waals surface area contributed by atoms with Crippen LogP contribution in [0.4, 0.5) is 0 Å². The van der Waals surface area contributed by atoms with E-state index in [1.807, 2.05) is 12.1 Å². The first-order valence-corrected chi connectivity index (χ1v) is 7.87. The molecule has 1 saturated carbocycles. The van der Waals surface area contributed by atoms with Crippen LogP contribution in [0.25, 0.3) is 0 Å². The number of carbonyl (C=O) groups is 1. The first kappa shape index (κ1) is 14.8. The predicted octanol–water partition coefficient (Wildman–Crippen LogP) is 2.51. The maximum absolute atomic E-state index is 12.3. The molecule has 0 saturated heterocycles. The number of hydrogen-bond acceptors (Lipinski definition) is 3. The topological polar surface area (TPSA) is 56.9 Å². The summed E-state index contributed by atoms with van der Waals surface area (Å²) in [4.78, 5) is 24.0. The van der Waals surface area contributed by atoms with Gasteiger partial charge in [-0.25, -0.2) is 9.48 Å². The van der Waals surface area contributed by atoms with E-state index < -0.39 is 0 Å². The summed E-state index contributed by atoms with van der Waals surface area (Å²) in [6.45, 7) is 0.0372. The van der Waals surface area contributed by atoms with Crippen molar-refractivity contribution in [1.82, 2.24) is 14.3 Å². The number of aryl methyl sites for hydroxylation is 1. The maximum Gasteiger partial charge on any atom is 0.345 e. The standard InChI is InChI=1S/C17H21N3O2/c1-19-17(22)20(12-18-19)11-16(21)15-9-7-14(8-10-15)13-5-3-2-4-6-13/h7-10,12-13H,2-6,11H2,1H3. The highest BCUT2D eigenvalue weighted by atomic mass is 16.2. The molecular weight excluding hydrogens is 278 g/mol. The Morgan fingerprint density at radius 2 is 1.86 bits per heavy atom. The Morgan fingerprint density at radius 3 is 2.45 bits per heavy atom. The predicted molar refractivity (Wildman–Crippen MR) is 84.1 cm³/mol. The van der Waals surface area contributed by atoms with Crippen LogP contribution in [0.1, 0.15) is 53.9 Å². The van der Waals surface area contributed by atoms with E-state index in [1.54, 1.807) is 7.05 Å². The first-order chi connectivity index (χ1) is 10.6. The Morgan fingerprint density at radius 1 is 1.18 bits per heavy atom. The third-order valence-corrected chi connectivity index (χ3v) is 4.51. The van der Waals surface area contributed by atoms with Crippen molar-refractivity contribution in [1.29, 1.82) is 0 Å². The smallest absolute Gasteiger partial charge is 0.292 e. The van der Waals surface area contributed by atoms with Gasteiger partial charge in [0.15, 0.2) is 5.78 Å². The number of Topliss-reactive ketones (excluding diaryl/α,β-unsaturated/α-hetero) is 1. The van der Waals surface area contributed by atoms with Crippen molar-refractivity contribution < 1.29 is 4.79 Å². The van der Waals surface area contributed by atoms with Gasteiger partial charge in [0.05, 0.1) is 6.54 Å². The number of carbonyl (C=O) groups excluding carboxylic acids is 1. The quantitative estimate of drug-likeness (QED) is 0.815. The van der Waals surface area contributed by atoms with Crippen molar-refractivity contribution in [3.63, 3.8) is 0 Å². The molecule has 0 spiro atoms. The van der Waals surface area contributed by atoms with Gasteiger partial charge in [-0.1, -0.05) is 43.5 Å². The molecule has 3 rings (SSSR count). The van der Waals surface area contributed by atoms with Gasteiger partial charge in [0.25, 0.3) is 0 Å². The van der Waals surface area contributed by atoms with E-state index in [2.05, 4.69) is 17.2 Å². The summed E-state index contributed by atoms with van der Waals surface area (Å²) in [7, 11) is 1.57. The second-order valence-electron chi connectivity index (χ2n) is 6.05. The molecule has 0 bridgehead atoms. The molecule has 1 aliphatic rings. The molecule has 1 fully saturated rings. The van der Waals surface area contributed by atoms with Gasteiger partial charge < -0.3 is 0 Å². The van der Waals surface area contributed by atoms with Crippen molar-refractivity contribution in [2.45, 2.75) is 44.6 Å². The molecule has 5 heteroatoms. The van der Waals surface area contributed by atoms with Gasteiger partial charge >= 0.3 is 5.69 Å². The SMILES string of the molecule is Cn1ncn(CC(=O)c2ccc(C3CCCCC3)cc2)c1=O. The molecule has 0 atom stereocenters. The van der Waals surface area contributed by atoms with Gasteiger partial charge in [0.2, 0.25) is 0 Å². The van der Waals surface area contributed by atoms with Crippen LogP contribution in [-0.2, 0) is 13.6 Å². The fourth-order valence-corrected chi connectivity index (χ4v) is 3.16. The Bertz CT molecular complexity index is 706. The van der Waals surface area contributed by atoms with Crippen molar-refractivity contribution >= 4 is 5.78 Å². The van der Waals surface area contributed by atoms with Crippen molar-refractivity contribution in [2.24, 2.45) is 7.05 Å². The molecule has 0 N–H and O–H groups in total. The second-order valence-corrected chi connectivity index (χ2v) is 6.05. The van der Waals surface area contributed by atoms with E-state index in [-0.39, 0.29) is 18.0 Å². The van der Waals surface area contributed by atoms with Gasteiger partial charge in [0.1, 0.15) is 6.33 Å². The highest BCUT2D eigenvalue weighted by Crippen LogP contribution is 2.32. The first-order valence-electron chi connectivity index (χ1n) is 7.87. The van der Waals surface area contributed by atoms with Crippen LogP contribution in [0.3, 0.4) is 0 Å². The lowest BCUT2D eigenvalue weighted by Crippen LogP contribution is -2.25. The lowest BCUT2D eigenvalue weighted by Gasteiger charge is -2.22. The number of hydrogen-bond donors (Lipinski definition) is 0. The van der Waals surface area contributed by atoms with Crippen LogP contribution in [-0.4, -0.2) is 20.1 Å². The number of ketones is 1. The monoisotopic (exact) mass is 299 g/mol. The van der Waals surface area contributed by atoms with E-state index in [9.17, 15) is 9.59 Å². The van der Waals surface area contributed by atoms with E-state index in [4.69, 9.17) is 0 Å². The van der Waals surface area contributed by atoms with Crippen LogP contribution in [0.15, 0.2) is 35.4 Å². The fraction of sp³-hybridized carbons (Fsp3) is 0.471. The van der Waals surface area contributed by atoms with Crippen molar-refractivity contribution in [2.75, 3.05) is 0 Å². The average molecular weight is 299 g/mol. The lowest BCUT2D eigenvalue weighted by atomic mass is 9.84. The van der Waals surface area contributed by atoms with Gasteiger partial charge in [-0.2, -0.15) is 5.10 Å². The van der Waals surface area contributed by atoms with E-state index in [1.165, 1.54) is 53.2 Å². The molecule has 5 nitrogen and oxygen atoms in total. The highest BCUT2D eigenvalue weighted by Gasteiger charge is 2.16. The Balaban J connectivity index is 1.70. The second kappa shape index (κ2) is 6.30. The Labute approximate surface area is 129 Å². The molecule has 1 aromatic heterocycles. The summed E-state index contributed by atoms with van der Waals surface area (Å²) in [5, 5.41) is 3.85. The normalized spacial score (nSPS) is 15.9. The average Bonchev–Trinajstić information content (AvgIpc) is 2.88. The zero-order valence-corrected chi connectivity index (χ0v) is 12.9. The largest absolute Gasteiger partial charge is 0.345 e. The summed E-state index contributed by atoms with van der Waals surface area (Å²) < 4.78 is 2.55. The number of rotatable bonds is 4. The number of nitrogens with zero attached hydrogens (tertiary/aromatic N) is 3. The van der Waals surface area contributed by atoms with Gasteiger partial charge in [-0.05, 0) is 24.3 Å². The van der Waals surface area contributed by atoms with E-state index >= 15 is 0 Å². The van der Waals surface area contributed by atoms with Crippen LogP contribution in [0, 0.1) is 0 Å². The third-order valence-electron chi connectivity index (χ3n) is 4.51. The minimum Gasteiger partial charge on any atom is -0.292 e. The van der Waals surface area contributed by atoms with Crippen LogP contribution < -0.4 is 5.69 Å². The molecule has 0 radical (unpaired) electrons.